The van der Waals surface area contributed by atoms with E-state index < -0.39 is 10.0 Å². The topological polar surface area (TPSA) is 57.7 Å². The number of amides is 1. The zero-order chi connectivity index (χ0) is 25.4. The molecule has 0 saturated heterocycles. The first-order chi connectivity index (χ1) is 16.7. The minimum Gasteiger partial charge on any atom is -0.332 e. The van der Waals surface area contributed by atoms with Gasteiger partial charge in [0.05, 0.1) is 13.1 Å². The van der Waals surface area contributed by atoms with E-state index in [4.69, 9.17) is 0 Å². The van der Waals surface area contributed by atoms with Gasteiger partial charge >= 0.3 is 0 Å². The number of aryl methyl sites for hydroxylation is 1. The third-order valence-electron chi connectivity index (χ3n) is 5.87. The molecule has 0 aliphatic carbocycles. The van der Waals surface area contributed by atoms with Crippen LogP contribution in [0.1, 0.15) is 41.8 Å². The molecule has 1 atom stereocenters. The molecule has 1 aromatic heterocycles. The van der Waals surface area contributed by atoms with Crippen molar-refractivity contribution in [1.29, 1.82) is 0 Å². The maximum Gasteiger partial charge on any atom is 0.238 e. The van der Waals surface area contributed by atoms with E-state index in [1.54, 1.807) is 41.4 Å². The molecule has 5 nitrogen and oxygen atoms in total. The van der Waals surface area contributed by atoms with Gasteiger partial charge in [-0.25, -0.2) is 12.8 Å². The lowest BCUT2D eigenvalue weighted by Crippen LogP contribution is -2.45. The fraction of sp³-hybridized carbons (Fsp3) is 0.296. The molecule has 8 heteroatoms. The van der Waals surface area contributed by atoms with Gasteiger partial charge in [0.25, 0.3) is 0 Å². The Morgan fingerprint density at radius 1 is 1.06 bits per heavy atom. The van der Waals surface area contributed by atoms with Gasteiger partial charge < -0.3 is 4.90 Å². The second-order valence-corrected chi connectivity index (χ2v) is 11.2. The molecule has 0 saturated carbocycles. The highest BCUT2D eigenvalue weighted by molar-refractivity contribution is 7.92. The van der Waals surface area contributed by atoms with Crippen LogP contribution >= 0.6 is 11.3 Å². The molecular formula is C27H31FN2O3S2. The summed E-state index contributed by atoms with van der Waals surface area (Å²) in [6.07, 6.45) is 2.11. The van der Waals surface area contributed by atoms with E-state index in [0.29, 0.717) is 13.0 Å². The molecule has 186 valence electrons. The van der Waals surface area contributed by atoms with Crippen molar-refractivity contribution >= 4 is 33.3 Å². The average Bonchev–Trinajstić information content (AvgIpc) is 3.26. The predicted octanol–water partition coefficient (Wildman–Crippen LogP) is 5.83. The first-order valence-corrected chi connectivity index (χ1v) is 13.9. The summed E-state index contributed by atoms with van der Waals surface area (Å²) in [6, 6.07) is 16.8. The van der Waals surface area contributed by atoms with E-state index in [-0.39, 0.29) is 30.9 Å². The molecule has 0 aliphatic heterocycles. The lowest BCUT2D eigenvalue weighted by molar-refractivity contribution is -0.133. The first kappa shape index (κ1) is 26.8. The van der Waals surface area contributed by atoms with Gasteiger partial charge in [-0.3, -0.25) is 4.79 Å². The Bertz CT molecular complexity index is 1240. The second-order valence-electron chi connectivity index (χ2n) is 8.46. The van der Waals surface area contributed by atoms with Crippen LogP contribution in [0.3, 0.4) is 0 Å². The monoisotopic (exact) mass is 514 g/mol. The van der Waals surface area contributed by atoms with Crippen LogP contribution in [-0.2, 0) is 27.9 Å². The number of halogens is 1. The Morgan fingerprint density at radius 3 is 2.34 bits per heavy atom. The van der Waals surface area contributed by atoms with Crippen LogP contribution in [0.2, 0.25) is 0 Å². The van der Waals surface area contributed by atoms with E-state index in [2.05, 4.69) is 0 Å². The standard InChI is InChI=1S/C27H31FN2O3S2/c1-4-22(3)30(35(32,33)17-15-23-8-6-5-7-9-23)20-27(31)29(19-26-21(2)14-16-34-26)18-24-10-12-25(28)13-11-24/h5-17,22H,4,18-20H2,1-3H3. The third kappa shape index (κ3) is 7.59. The number of nitrogens with zero attached hydrogens (tertiary/aromatic N) is 2. The van der Waals surface area contributed by atoms with Crippen LogP contribution in [0.5, 0.6) is 0 Å². The van der Waals surface area contributed by atoms with Crippen molar-refractivity contribution in [1.82, 2.24) is 9.21 Å². The Kier molecular flexibility index (Phi) is 9.37. The van der Waals surface area contributed by atoms with Gasteiger partial charge in [-0.05, 0) is 66.6 Å². The summed E-state index contributed by atoms with van der Waals surface area (Å²) in [5, 5.41) is 3.13. The molecule has 3 rings (SSSR count). The van der Waals surface area contributed by atoms with Crippen LogP contribution < -0.4 is 0 Å². The van der Waals surface area contributed by atoms with Gasteiger partial charge in [0.1, 0.15) is 5.82 Å². The number of carbonyl (C=O) groups excluding carboxylic acids is 1. The van der Waals surface area contributed by atoms with Gasteiger partial charge in [-0.15, -0.1) is 11.3 Å². The maximum atomic E-state index is 13.5. The molecule has 0 fully saturated rings. The molecule has 0 bridgehead atoms. The molecule has 0 radical (unpaired) electrons. The first-order valence-electron chi connectivity index (χ1n) is 11.5. The van der Waals surface area contributed by atoms with Crippen LogP contribution in [0.25, 0.3) is 6.08 Å². The van der Waals surface area contributed by atoms with E-state index in [1.807, 2.05) is 55.6 Å². The van der Waals surface area contributed by atoms with E-state index in [0.717, 1.165) is 27.0 Å². The Hall–Kier alpha value is -2.81. The van der Waals surface area contributed by atoms with Crippen molar-refractivity contribution in [3.63, 3.8) is 0 Å². The summed E-state index contributed by atoms with van der Waals surface area (Å²) in [6.45, 7) is 6.01. The lowest BCUT2D eigenvalue weighted by Gasteiger charge is -2.29. The highest BCUT2D eigenvalue weighted by Gasteiger charge is 2.29. The number of hydrogen-bond acceptors (Lipinski definition) is 4. The van der Waals surface area contributed by atoms with Gasteiger partial charge in [0.2, 0.25) is 15.9 Å². The van der Waals surface area contributed by atoms with Gasteiger partial charge in [-0.2, -0.15) is 4.31 Å². The molecule has 1 unspecified atom stereocenters. The van der Waals surface area contributed by atoms with Crippen LogP contribution in [0.15, 0.2) is 71.5 Å². The Morgan fingerprint density at radius 2 is 1.74 bits per heavy atom. The number of sulfonamides is 1. The summed E-state index contributed by atoms with van der Waals surface area (Å²) in [4.78, 5) is 16.2. The zero-order valence-corrected chi connectivity index (χ0v) is 21.9. The van der Waals surface area contributed by atoms with Gasteiger partial charge in [-0.1, -0.05) is 49.4 Å². The Balaban J connectivity index is 1.86. The molecule has 0 spiro atoms. The number of thiophene rings is 1. The van der Waals surface area contributed by atoms with Gasteiger partial charge in [0, 0.05) is 22.9 Å². The predicted molar refractivity (Wildman–Crippen MR) is 141 cm³/mol. The minimum absolute atomic E-state index is 0.255. The Labute approximate surface area is 211 Å². The molecule has 3 aromatic rings. The highest BCUT2D eigenvalue weighted by atomic mass is 32.2. The molecule has 1 heterocycles. The summed E-state index contributed by atoms with van der Waals surface area (Å²) in [5.41, 5.74) is 2.61. The van der Waals surface area contributed by atoms with Crippen molar-refractivity contribution in [2.75, 3.05) is 6.54 Å². The molecule has 2 aromatic carbocycles. The lowest BCUT2D eigenvalue weighted by atomic mass is 10.2. The molecule has 0 aliphatic rings. The van der Waals surface area contributed by atoms with E-state index in [9.17, 15) is 17.6 Å². The summed E-state index contributed by atoms with van der Waals surface area (Å²) < 4.78 is 41.2. The van der Waals surface area contributed by atoms with Crippen molar-refractivity contribution < 1.29 is 17.6 Å². The van der Waals surface area contributed by atoms with Gasteiger partial charge in [0.15, 0.2) is 0 Å². The highest BCUT2D eigenvalue weighted by Crippen LogP contribution is 2.21. The van der Waals surface area contributed by atoms with Crippen molar-refractivity contribution in [3.8, 4) is 0 Å². The summed E-state index contributed by atoms with van der Waals surface area (Å²) in [7, 11) is -3.85. The van der Waals surface area contributed by atoms with E-state index in [1.165, 1.54) is 16.4 Å². The summed E-state index contributed by atoms with van der Waals surface area (Å²) >= 11 is 1.55. The quantitative estimate of drug-likeness (QED) is 0.324. The summed E-state index contributed by atoms with van der Waals surface area (Å²) in [5.74, 6) is -0.654. The largest absolute Gasteiger partial charge is 0.332 e. The fourth-order valence-corrected chi connectivity index (χ4v) is 5.87. The number of benzene rings is 2. The van der Waals surface area contributed by atoms with Crippen molar-refractivity contribution in [2.45, 2.75) is 46.3 Å². The molecule has 1 amide bonds. The second kappa shape index (κ2) is 12.2. The molecular weight excluding hydrogens is 483 g/mol. The SMILES string of the molecule is CCC(C)N(CC(=O)N(Cc1ccc(F)cc1)Cc1sccc1C)S(=O)(=O)C=Cc1ccccc1. The van der Waals surface area contributed by atoms with Crippen molar-refractivity contribution in [3.05, 3.63) is 98.8 Å². The smallest absolute Gasteiger partial charge is 0.238 e. The van der Waals surface area contributed by atoms with E-state index >= 15 is 0 Å². The third-order valence-corrected chi connectivity index (χ3v) is 8.50. The van der Waals surface area contributed by atoms with Crippen LogP contribution in [0, 0.1) is 12.7 Å². The number of carbonyl (C=O) groups is 1. The normalized spacial score (nSPS) is 12.8. The fourth-order valence-electron chi connectivity index (χ4n) is 3.52. The minimum atomic E-state index is -3.85. The van der Waals surface area contributed by atoms with Crippen molar-refractivity contribution in [2.24, 2.45) is 0 Å². The van der Waals surface area contributed by atoms with Crippen LogP contribution in [0.4, 0.5) is 4.39 Å². The molecule has 0 N–H and O–H groups in total. The zero-order valence-electron chi connectivity index (χ0n) is 20.2. The number of hydrogen-bond donors (Lipinski definition) is 0. The maximum absolute atomic E-state index is 13.5. The number of rotatable bonds is 11. The average molecular weight is 515 g/mol. The molecule has 35 heavy (non-hydrogen) atoms. The van der Waals surface area contributed by atoms with Crippen LogP contribution in [-0.4, -0.2) is 36.1 Å².